The summed E-state index contributed by atoms with van der Waals surface area (Å²) in [5, 5.41) is 2.92. The van der Waals surface area contributed by atoms with Gasteiger partial charge in [0.25, 0.3) is 0 Å². The maximum atomic E-state index is 13.4. The molecule has 0 bridgehead atoms. The molecule has 4 atom stereocenters. The number of benzene rings is 2. The normalized spacial score (nSPS) is 25.6. The lowest BCUT2D eigenvalue weighted by Gasteiger charge is -2.40. The van der Waals surface area contributed by atoms with E-state index in [-0.39, 0.29) is 36.1 Å². The van der Waals surface area contributed by atoms with E-state index in [0.29, 0.717) is 12.0 Å². The third-order valence-electron chi connectivity index (χ3n) is 6.33. The van der Waals surface area contributed by atoms with Crippen molar-refractivity contribution in [2.45, 2.75) is 50.9 Å². The van der Waals surface area contributed by atoms with Crippen LogP contribution < -0.4 is 5.32 Å². The Balaban J connectivity index is 1.55. The number of hydrogen-bond acceptors (Lipinski definition) is 2. The second-order valence-electron chi connectivity index (χ2n) is 9.18. The van der Waals surface area contributed by atoms with E-state index in [0.717, 1.165) is 24.1 Å². The summed E-state index contributed by atoms with van der Waals surface area (Å²) in [4.78, 5) is 28.1. The predicted octanol–water partition coefficient (Wildman–Crippen LogP) is 4.92. The first-order valence-corrected chi connectivity index (χ1v) is 11.0. The Morgan fingerprint density at radius 2 is 1.72 bits per heavy atom. The smallest absolute Gasteiger partial charge is 0.346 e. The molecule has 0 spiro atoms. The highest BCUT2D eigenvalue weighted by Gasteiger charge is 2.49. The number of alkyl halides is 3. The van der Waals surface area contributed by atoms with E-state index in [1.165, 1.54) is 12.1 Å². The lowest BCUT2D eigenvalue weighted by atomic mass is 9.94. The first kappa shape index (κ1) is 22.4. The molecule has 2 aliphatic rings. The van der Waals surface area contributed by atoms with Crippen LogP contribution in [-0.2, 0) is 15.8 Å². The molecule has 0 unspecified atom stereocenters. The summed E-state index contributed by atoms with van der Waals surface area (Å²) >= 11 is 0. The topological polar surface area (TPSA) is 49.4 Å². The van der Waals surface area contributed by atoms with Crippen molar-refractivity contribution in [1.82, 2.24) is 10.2 Å². The average molecular weight is 444 g/mol. The van der Waals surface area contributed by atoms with Gasteiger partial charge >= 0.3 is 6.18 Å². The number of nitrogens with one attached hydrogen (secondary N) is 1. The van der Waals surface area contributed by atoms with Gasteiger partial charge in [0, 0.05) is 12.5 Å². The molecule has 1 saturated carbocycles. The molecule has 4 rings (SSSR count). The zero-order valence-electron chi connectivity index (χ0n) is 18.1. The first-order valence-electron chi connectivity index (χ1n) is 11.0. The molecule has 1 heterocycles. The summed E-state index contributed by atoms with van der Waals surface area (Å²) in [5.41, 5.74) is 0.937. The van der Waals surface area contributed by atoms with Crippen LogP contribution in [0.4, 0.5) is 13.2 Å². The van der Waals surface area contributed by atoms with Gasteiger partial charge in [0.1, 0.15) is 6.04 Å². The fraction of sp³-hybridized carbons (Fsp3) is 0.440. The van der Waals surface area contributed by atoms with Gasteiger partial charge in [-0.05, 0) is 47.9 Å². The van der Waals surface area contributed by atoms with E-state index in [1.807, 2.05) is 44.2 Å². The molecule has 2 aromatic rings. The highest BCUT2D eigenvalue weighted by Crippen LogP contribution is 2.49. The molecule has 4 nitrogen and oxygen atoms in total. The summed E-state index contributed by atoms with van der Waals surface area (Å²) in [6.07, 6.45) is -3.13. The Kier molecular flexibility index (Phi) is 6.01. The van der Waals surface area contributed by atoms with Gasteiger partial charge in [-0.15, -0.1) is 0 Å². The van der Waals surface area contributed by atoms with E-state index < -0.39 is 23.8 Å². The highest BCUT2D eigenvalue weighted by molar-refractivity contribution is 5.91. The van der Waals surface area contributed by atoms with Gasteiger partial charge in [0.15, 0.2) is 0 Å². The van der Waals surface area contributed by atoms with Crippen molar-refractivity contribution in [3.63, 3.8) is 0 Å². The van der Waals surface area contributed by atoms with Crippen molar-refractivity contribution in [3.05, 3.63) is 71.3 Å². The minimum atomic E-state index is -4.42. The minimum Gasteiger partial charge on any atom is -0.346 e. The Bertz CT molecular complexity index is 973. The number of hydrogen-bond donors (Lipinski definition) is 1. The standard InChI is InChI=1S/C25H27F3N2O2/c1-15(2)12-22-23(31)29-21(17-8-10-18(11-9-17)25(26,27)28)14-30(22)24(32)20-13-19(20)16-6-4-3-5-7-16/h3-11,15,19-22H,12-14H2,1-2H3,(H,29,31)/t19-,20+,21+,22-/m0/s1. The second-order valence-corrected chi connectivity index (χ2v) is 9.18. The average Bonchev–Trinajstić information content (AvgIpc) is 3.55. The van der Waals surface area contributed by atoms with E-state index in [9.17, 15) is 22.8 Å². The van der Waals surface area contributed by atoms with Gasteiger partial charge in [-0.3, -0.25) is 9.59 Å². The number of carbonyl (C=O) groups is 2. The molecule has 2 amide bonds. The Morgan fingerprint density at radius 3 is 2.31 bits per heavy atom. The summed E-state index contributed by atoms with van der Waals surface area (Å²) in [5.74, 6) is -0.0895. The van der Waals surface area contributed by atoms with Crippen molar-refractivity contribution in [2.75, 3.05) is 6.54 Å². The maximum absolute atomic E-state index is 13.4. The zero-order valence-corrected chi connectivity index (χ0v) is 18.1. The van der Waals surface area contributed by atoms with Gasteiger partial charge in [-0.2, -0.15) is 13.2 Å². The predicted molar refractivity (Wildman–Crippen MR) is 115 cm³/mol. The quantitative estimate of drug-likeness (QED) is 0.712. The van der Waals surface area contributed by atoms with Crippen LogP contribution in [0, 0.1) is 11.8 Å². The molecule has 2 aromatic carbocycles. The number of amides is 2. The van der Waals surface area contributed by atoms with Crippen LogP contribution in [0.1, 0.15) is 55.3 Å². The van der Waals surface area contributed by atoms with Crippen LogP contribution >= 0.6 is 0 Å². The molecule has 7 heteroatoms. The van der Waals surface area contributed by atoms with Gasteiger partial charge in [0.2, 0.25) is 11.8 Å². The molecule has 0 radical (unpaired) electrons. The van der Waals surface area contributed by atoms with Crippen molar-refractivity contribution in [1.29, 1.82) is 0 Å². The van der Waals surface area contributed by atoms with Crippen LogP contribution in [0.2, 0.25) is 0 Å². The third kappa shape index (κ3) is 4.66. The zero-order chi connectivity index (χ0) is 23.0. The number of carbonyl (C=O) groups excluding carboxylic acids is 2. The van der Waals surface area contributed by atoms with Gasteiger partial charge in [-0.1, -0.05) is 56.3 Å². The molecular formula is C25H27F3N2O2. The van der Waals surface area contributed by atoms with E-state index in [1.54, 1.807) is 4.90 Å². The van der Waals surface area contributed by atoms with Crippen LogP contribution in [0.25, 0.3) is 0 Å². The summed E-state index contributed by atoms with van der Waals surface area (Å²) in [6.45, 7) is 4.26. The van der Waals surface area contributed by atoms with Crippen molar-refractivity contribution < 1.29 is 22.8 Å². The van der Waals surface area contributed by atoms with Crippen LogP contribution in [-0.4, -0.2) is 29.3 Å². The fourth-order valence-corrected chi connectivity index (χ4v) is 4.55. The summed E-state index contributed by atoms with van der Waals surface area (Å²) < 4.78 is 38.7. The largest absolute Gasteiger partial charge is 0.416 e. The third-order valence-corrected chi connectivity index (χ3v) is 6.33. The van der Waals surface area contributed by atoms with Crippen molar-refractivity contribution >= 4 is 11.8 Å². The molecule has 170 valence electrons. The SMILES string of the molecule is CC(C)C[C@H]1C(=O)N[C@@H](c2ccc(C(F)(F)F)cc2)CN1C(=O)[C@@H]1C[C@H]1c1ccccc1. The van der Waals surface area contributed by atoms with Gasteiger partial charge < -0.3 is 10.2 Å². The molecule has 1 saturated heterocycles. The molecule has 0 aromatic heterocycles. The fourth-order valence-electron chi connectivity index (χ4n) is 4.55. The van der Waals surface area contributed by atoms with E-state index in [2.05, 4.69) is 5.32 Å². The van der Waals surface area contributed by atoms with Crippen LogP contribution in [0.5, 0.6) is 0 Å². The van der Waals surface area contributed by atoms with Crippen molar-refractivity contribution in [3.8, 4) is 0 Å². The molecule has 1 N–H and O–H groups in total. The number of piperazine rings is 1. The van der Waals surface area contributed by atoms with Gasteiger partial charge in [0.05, 0.1) is 11.6 Å². The molecular weight excluding hydrogens is 417 g/mol. The summed E-state index contributed by atoms with van der Waals surface area (Å²) in [6, 6.07) is 13.5. The minimum absolute atomic E-state index is 0.0451. The monoisotopic (exact) mass is 444 g/mol. The molecule has 1 aliphatic heterocycles. The second kappa shape index (κ2) is 8.60. The Labute approximate surface area is 185 Å². The number of halogens is 3. The van der Waals surface area contributed by atoms with Crippen LogP contribution in [0.15, 0.2) is 54.6 Å². The number of nitrogens with zero attached hydrogens (tertiary/aromatic N) is 1. The molecule has 32 heavy (non-hydrogen) atoms. The molecule has 2 fully saturated rings. The van der Waals surface area contributed by atoms with Crippen molar-refractivity contribution in [2.24, 2.45) is 11.8 Å². The highest BCUT2D eigenvalue weighted by atomic mass is 19.4. The Hall–Kier alpha value is -2.83. The first-order chi connectivity index (χ1) is 15.1. The summed E-state index contributed by atoms with van der Waals surface area (Å²) in [7, 11) is 0. The van der Waals surface area contributed by atoms with E-state index >= 15 is 0 Å². The Morgan fingerprint density at radius 1 is 1.06 bits per heavy atom. The lowest BCUT2D eigenvalue weighted by Crippen LogP contribution is -2.59. The molecule has 1 aliphatic carbocycles. The lowest BCUT2D eigenvalue weighted by molar-refractivity contribution is -0.146. The maximum Gasteiger partial charge on any atom is 0.416 e. The van der Waals surface area contributed by atoms with Crippen LogP contribution in [0.3, 0.4) is 0 Å². The van der Waals surface area contributed by atoms with Gasteiger partial charge in [-0.25, -0.2) is 0 Å². The van der Waals surface area contributed by atoms with E-state index in [4.69, 9.17) is 0 Å². The number of rotatable bonds is 5.